The van der Waals surface area contributed by atoms with Crippen LogP contribution in [0.2, 0.25) is 5.02 Å². The molecule has 0 spiro atoms. The third-order valence-corrected chi connectivity index (χ3v) is 3.50. The number of halogens is 3. The summed E-state index contributed by atoms with van der Waals surface area (Å²) < 4.78 is 19.2. The molecule has 104 valence electrons. The number of aromatic carboxylic acids is 1. The minimum absolute atomic E-state index is 0.0180. The van der Waals surface area contributed by atoms with Crippen molar-refractivity contribution in [3.8, 4) is 5.75 Å². The minimum atomic E-state index is -1.04. The second-order valence-electron chi connectivity index (χ2n) is 3.99. The average molecular weight is 360 g/mol. The van der Waals surface area contributed by atoms with Crippen molar-refractivity contribution in [1.82, 2.24) is 0 Å². The molecule has 2 aromatic rings. The lowest BCUT2D eigenvalue weighted by atomic mass is 10.2. The van der Waals surface area contributed by atoms with Crippen molar-refractivity contribution in [3.63, 3.8) is 0 Å². The average Bonchev–Trinajstić information content (AvgIpc) is 2.41. The Bertz CT molecular complexity index is 661. The summed E-state index contributed by atoms with van der Waals surface area (Å²) in [5, 5.41) is 8.94. The second kappa shape index (κ2) is 6.24. The molecule has 0 fully saturated rings. The number of hydrogen-bond donors (Lipinski definition) is 1. The Kier molecular flexibility index (Phi) is 4.62. The third-order valence-electron chi connectivity index (χ3n) is 2.56. The first-order chi connectivity index (χ1) is 9.47. The Morgan fingerprint density at radius 3 is 2.70 bits per heavy atom. The van der Waals surface area contributed by atoms with Crippen LogP contribution in [0.1, 0.15) is 15.9 Å². The molecule has 0 amide bonds. The van der Waals surface area contributed by atoms with E-state index in [-0.39, 0.29) is 17.2 Å². The smallest absolute Gasteiger partial charge is 0.335 e. The zero-order chi connectivity index (χ0) is 14.7. The number of rotatable bonds is 4. The summed E-state index contributed by atoms with van der Waals surface area (Å²) in [5.41, 5.74) is 0.810. The topological polar surface area (TPSA) is 46.5 Å². The van der Waals surface area contributed by atoms with E-state index in [1.807, 2.05) is 0 Å². The number of ether oxygens (including phenoxy) is 1. The zero-order valence-electron chi connectivity index (χ0n) is 10.1. The van der Waals surface area contributed by atoms with E-state index in [4.69, 9.17) is 21.4 Å². The highest BCUT2D eigenvalue weighted by Gasteiger charge is 2.09. The Morgan fingerprint density at radius 2 is 2.05 bits per heavy atom. The van der Waals surface area contributed by atoms with Crippen molar-refractivity contribution in [3.05, 3.63) is 62.8 Å². The molecule has 3 nitrogen and oxygen atoms in total. The molecule has 1 N–H and O–H groups in total. The second-order valence-corrected chi connectivity index (χ2v) is 5.25. The standard InChI is InChI=1S/C14H9BrClFO3/c15-10-3-2-9(14(18)19)6-13(10)20-7-8-1-4-12(17)11(16)5-8/h1-6H,7H2,(H,18,19). The maximum atomic E-state index is 13.0. The molecule has 20 heavy (non-hydrogen) atoms. The van der Waals surface area contributed by atoms with Gasteiger partial charge in [0.1, 0.15) is 18.2 Å². The van der Waals surface area contributed by atoms with Crippen LogP contribution in [-0.4, -0.2) is 11.1 Å². The van der Waals surface area contributed by atoms with Crippen LogP contribution in [0.4, 0.5) is 4.39 Å². The van der Waals surface area contributed by atoms with Gasteiger partial charge in [0.05, 0.1) is 15.1 Å². The van der Waals surface area contributed by atoms with Gasteiger partial charge < -0.3 is 9.84 Å². The quantitative estimate of drug-likeness (QED) is 0.873. The van der Waals surface area contributed by atoms with Gasteiger partial charge in [-0.05, 0) is 51.8 Å². The van der Waals surface area contributed by atoms with Gasteiger partial charge in [-0.15, -0.1) is 0 Å². The van der Waals surface area contributed by atoms with Gasteiger partial charge in [0.2, 0.25) is 0 Å². The Morgan fingerprint density at radius 1 is 1.30 bits per heavy atom. The molecule has 0 radical (unpaired) electrons. The molecule has 6 heteroatoms. The molecule has 0 aliphatic heterocycles. The number of carboxylic acid groups (broad SMARTS) is 1. The van der Waals surface area contributed by atoms with Crippen LogP contribution in [0.25, 0.3) is 0 Å². The van der Waals surface area contributed by atoms with Crippen molar-refractivity contribution >= 4 is 33.5 Å². The summed E-state index contributed by atoms with van der Waals surface area (Å²) in [6, 6.07) is 8.74. The van der Waals surface area contributed by atoms with Gasteiger partial charge in [0, 0.05) is 0 Å². The normalized spacial score (nSPS) is 10.3. The van der Waals surface area contributed by atoms with Gasteiger partial charge in [-0.2, -0.15) is 0 Å². The predicted molar refractivity (Wildman–Crippen MR) is 76.8 cm³/mol. The summed E-state index contributed by atoms with van der Waals surface area (Å²) in [6.45, 7) is 0.154. The Hall–Kier alpha value is -1.59. The fourth-order valence-corrected chi connectivity index (χ4v) is 2.10. The Labute approximate surface area is 128 Å². The lowest BCUT2D eigenvalue weighted by molar-refractivity contribution is 0.0696. The van der Waals surface area contributed by atoms with Crippen LogP contribution in [0.5, 0.6) is 5.75 Å². The molecule has 2 aromatic carbocycles. The van der Waals surface area contributed by atoms with E-state index in [1.165, 1.54) is 24.3 Å². The largest absolute Gasteiger partial charge is 0.488 e. The van der Waals surface area contributed by atoms with E-state index < -0.39 is 11.8 Å². The van der Waals surface area contributed by atoms with Gasteiger partial charge >= 0.3 is 5.97 Å². The predicted octanol–water partition coefficient (Wildman–Crippen LogP) is 4.52. The summed E-state index contributed by atoms with van der Waals surface area (Å²) >= 11 is 8.95. The van der Waals surface area contributed by atoms with E-state index in [0.717, 1.165) is 0 Å². The minimum Gasteiger partial charge on any atom is -0.488 e. The number of hydrogen-bond acceptors (Lipinski definition) is 2. The summed E-state index contributed by atoms with van der Waals surface area (Å²) in [4.78, 5) is 10.9. The van der Waals surface area contributed by atoms with Crippen LogP contribution < -0.4 is 4.74 Å². The van der Waals surface area contributed by atoms with E-state index >= 15 is 0 Å². The molecule has 0 bridgehead atoms. The lowest BCUT2D eigenvalue weighted by Crippen LogP contribution is -2.00. The summed E-state index contributed by atoms with van der Waals surface area (Å²) in [6.07, 6.45) is 0. The van der Waals surface area contributed by atoms with Gasteiger partial charge in [-0.1, -0.05) is 17.7 Å². The van der Waals surface area contributed by atoms with Gasteiger partial charge in [-0.25, -0.2) is 9.18 Å². The van der Waals surface area contributed by atoms with Crippen molar-refractivity contribution in [2.75, 3.05) is 0 Å². The van der Waals surface area contributed by atoms with Crippen LogP contribution in [-0.2, 0) is 6.61 Å². The third kappa shape index (κ3) is 3.49. The van der Waals surface area contributed by atoms with Crippen LogP contribution in [0.15, 0.2) is 40.9 Å². The summed E-state index contributed by atoms with van der Waals surface area (Å²) in [7, 11) is 0. The number of benzene rings is 2. The summed E-state index contributed by atoms with van der Waals surface area (Å²) in [5.74, 6) is -1.14. The fourth-order valence-electron chi connectivity index (χ4n) is 1.54. The highest BCUT2D eigenvalue weighted by Crippen LogP contribution is 2.27. The van der Waals surface area contributed by atoms with Crippen molar-refractivity contribution in [2.45, 2.75) is 6.61 Å². The molecular formula is C14H9BrClFO3. The first-order valence-electron chi connectivity index (χ1n) is 5.57. The van der Waals surface area contributed by atoms with Crippen molar-refractivity contribution in [2.24, 2.45) is 0 Å². The molecule has 0 saturated carbocycles. The molecule has 0 atom stereocenters. The molecule has 0 unspecified atom stereocenters. The molecule has 0 saturated heterocycles. The Balaban J connectivity index is 2.15. The van der Waals surface area contributed by atoms with Crippen molar-refractivity contribution in [1.29, 1.82) is 0 Å². The van der Waals surface area contributed by atoms with Crippen molar-refractivity contribution < 1.29 is 19.0 Å². The van der Waals surface area contributed by atoms with Gasteiger partial charge in [0.25, 0.3) is 0 Å². The number of carbonyl (C=O) groups is 1. The fraction of sp³-hybridized carbons (Fsp3) is 0.0714. The van der Waals surface area contributed by atoms with Gasteiger partial charge in [0.15, 0.2) is 0 Å². The molecule has 0 aliphatic carbocycles. The van der Waals surface area contributed by atoms with Gasteiger partial charge in [-0.3, -0.25) is 0 Å². The van der Waals surface area contributed by atoms with E-state index in [0.29, 0.717) is 15.8 Å². The monoisotopic (exact) mass is 358 g/mol. The SMILES string of the molecule is O=C(O)c1ccc(Br)c(OCc2ccc(F)c(Cl)c2)c1. The first kappa shape index (κ1) is 14.8. The molecule has 0 aromatic heterocycles. The van der Waals surface area contributed by atoms with Crippen LogP contribution in [0, 0.1) is 5.82 Å². The highest BCUT2D eigenvalue weighted by molar-refractivity contribution is 9.10. The van der Waals surface area contributed by atoms with E-state index in [2.05, 4.69) is 15.9 Å². The molecular weight excluding hydrogens is 351 g/mol. The molecule has 0 heterocycles. The lowest BCUT2D eigenvalue weighted by Gasteiger charge is -2.09. The first-order valence-corrected chi connectivity index (χ1v) is 6.74. The maximum Gasteiger partial charge on any atom is 0.335 e. The maximum absolute atomic E-state index is 13.0. The molecule has 2 rings (SSSR count). The van der Waals surface area contributed by atoms with E-state index in [9.17, 15) is 9.18 Å². The number of carboxylic acids is 1. The highest BCUT2D eigenvalue weighted by atomic mass is 79.9. The zero-order valence-corrected chi connectivity index (χ0v) is 12.4. The molecule has 0 aliphatic rings. The van der Waals surface area contributed by atoms with Crippen LogP contribution in [0.3, 0.4) is 0 Å². The van der Waals surface area contributed by atoms with E-state index in [1.54, 1.807) is 12.1 Å². The van der Waals surface area contributed by atoms with Crippen LogP contribution >= 0.6 is 27.5 Å².